The van der Waals surface area contributed by atoms with Crippen LogP contribution < -0.4 is 10.1 Å². The minimum absolute atomic E-state index is 0.503. The second kappa shape index (κ2) is 6.02. The Labute approximate surface area is 118 Å². The highest BCUT2D eigenvalue weighted by Crippen LogP contribution is 2.27. The first-order chi connectivity index (χ1) is 9.63. The number of aromatic nitrogens is 2. The molecule has 0 aliphatic carbocycles. The average Bonchev–Trinajstić information content (AvgIpc) is 2.44. The highest BCUT2D eigenvalue weighted by Gasteiger charge is 2.11. The number of rotatable bonds is 4. The van der Waals surface area contributed by atoms with Crippen molar-refractivity contribution in [2.45, 2.75) is 20.8 Å². The van der Waals surface area contributed by atoms with Crippen molar-refractivity contribution in [1.29, 1.82) is 5.26 Å². The van der Waals surface area contributed by atoms with Crippen LogP contribution in [0, 0.1) is 25.2 Å². The number of nitrogens with one attached hydrogen (secondary N) is 1. The first kappa shape index (κ1) is 13.8. The number of nitrogens with zero attached hydrogens (tertiary/aromatic N) is 3. The van der Waals surface area contributed by atoms with Gasteiger partial charge in [0.05, 0.1) is 17.2 Å². The van der Waals surface area contributed by atoms with E-state index in [0.717, 1.165) is 17.9 Å². The van der Waals surface area contributed by atoms with Gasteiger partial charge in [-0.15, -0.1) is 0 Å². The Morgan fingerprint density at radius 2 is 2.10 bits per heavy atom. The molecule has 2 rings (SSSR count). The maximum Gasteiger partial charge on any atom is 0.227 e. The van der Waals surface area contributed by atoms with Crippen LogP contribution in [0.15, 0.2) is 24.3 Å². The summed E-state index contributed by atoms with van der Waals surface area (Å²) in [7, 11) is 0. The number of nitriles is 1. The Bertz CT molecular complexity index is 661. The maximum atomic E-state index is 8.90. The minimum atomic E-state index is 0.503. The number of hydrogen-bond donors (Lipinski definition) is 1. The molecule has 1 heterocycles. The first-order valence-electron chi connectivity index (χ1n) is 6.41. The molecule has 0 amide bonds. The predicted octanol–water partition coefficient (Wildman–Crippen LogP) is 3.19. The van der Waals surface area contributed by atoms with Crippen LogP contribution >= 0.6 is 0 Å². The summed E-state index contributed by atoms with van der Waals surface area (Å²) in [5.74, 6) is 2.50. The van der Waals surface area contributed by atoms with E-state index in [1.54, 1.807) is 24.3 Å². The van der Waals surface area contributed by atoms with Gasteiger partial charge in [-0.3, -0.25) is 0 Å². The summed E-state index contributed by atoms with van der Waals surface area (Å²) in [5.41, 5.74) is 1.40. The van der Waals surface area contributed by atoms with Crippen molar-refractivity contribution in [3.05, 3.63) is 41.2 Å². The fourth-order valence-electron chi connectivity index (χ4n) is 1.78. The Balaban J connectivity index is 2.35. The molecule has 0 spiro atoms. The largest absolute Gasteiger partial charge is 0.439 e. The molecule has 20 heavy (non-hydrogen) atoms. The molecule has 0 aliphatic heterocycles. The molecule has 0 radical (unpaired) electrons. The second-order valence-corrected chi connectivity index (χ2v) is 4.32. The second-order valence-electron chi connectivity index (χ2n) is 4.32. The van der Waals surface area contributed by atoms with Crippen molar-refractivity contribution >= 4 is 5.82 Å². The quantitative estimate of drug-likeness (QED) is 0.922. The van der Waals surface area contributed by atoms with E-state index in [0.29, 0.717) is 23.0 Å². The van der Waals surface area contributed by atoms with Gasteiger partial charge in [0.1, 0.15) is 17.4 Å². The zero-order valence-corrected chi connectivity index (χ0v) is 11.8. The smallest absolute Gasteiger partial charge is 0.227 e. The molecule has 0 saturated heterocycles. The monoisotopic (exact) mass is 268 g/mol. The Hall–Kier alpha value is -2.61. The lowest BCUT2D eigenvalue weighted by Gasteiger charge is -2.12. The van der Waals surface area contributed by atoms with Gasteiger partial charge in [0.2, 0.25) is 5.88 Å². The van der Waals surface area contributed by atoms with Crippen LogP contribution in [-0.2, 0) is 0 Å². The lowest BCUT2D eigenvalue weighted by atomic mass is 10.2. The van der Waals surface area contributed by atoms with Gasteiger partial charge in [0.15, 0.2) is 0 Å². The Kier molecular flexibility index (Phi) is 4.16. The standard InChI is InChI=1S/C15H16N4O/c1-4-17-14-10(2)15(19-11(3)18-14)20-13-7-5-6-12(8-13)9-16/h5-8H,4H2,1-3H3,(H,17,18,19). The topological polar surface area (TPSA) is 70.8 Å². The predicted molar refractivity (Wildman–Crippen MR) is 76.9 cm³/mol. The summed E-state index contributed by atoms with van der Waals surface area (Å²) in [6.07, 6.45) is 0. The number of aryl methyl sites for hydroxylation is 1. The van der Waals surface area contributed by atoms with E-state index in [1.165, 1.54) is 0 Å². The minimum Gasteiger partial charge on any atom is -0.439 e. The highest BCUT2D eigenvalue weighted by atomic mass is 16.5. The van der Waals surface area contributed by atoms with Gasteiger partial charge < -0.3 is 10.1 Å². The molecule has 2 aromatic rings. The molecule has 0 bridgehead atoms. The summed E-state index contributed by atoms with van der Waals surface area (Å²) >= 11 is 0. The van der Waals surface area contributed by atoms with Crippen LogP contribution in [0.3, 0.4) is 0 Å². The van der Waals surface area contributed by atoms with Gasteiger partial charge in [0.25, 0.3) is 0 Å². The number of anilines is 1. The summed E-state index contributed by atoms with van der Waals surface area (Å²) in [5, 5.41) is 12.1. The van der Waals surface area contributed by atoms with Crippen molar-refractivity contribution in [2.75, 3.05) is 11.9 Å². The van der Waals surface area contributed by atoms with E-state index >= 15 is 0 Å². The van der Waals surface area contributed by atoms with E-state index < -0.39 is 0 Å². The van der Waals surface area contributed by atoms with Crippen molar-refractivity contribution < 1.29 is 4.74 Å². The lowest BCUT2D eigenvalue weighted by molar-refractivity contribution is 0.456. The van der Waals surface area contributed by atoms with Gasteiger partial charge in [-0.25, -0.2) is 4.98 Å². The maximum absolute atomic E-state index is 8.90. The van der Waals surface area contributed by atoms with Crippen molar-refractivity contribution in [3.8, 4) is 17.7 Å². The SMILES string of the molecule is CCNc1nc(C)nc(Oc2cccc(C#N)c2)c1C. The Morgan fingerprint density at radius 3 is 2.80 bits per heavy atom. The molecule has 0 fully saturated rings. The van der Waals surface area contributed by atoms with E-state index in [2.05, 4.69) is 21.4 Å². The zero-order valence-electron chi connectivity index (χ0n) is 11.8. The van der Waals surface area contributed by atoms with Crippen LogP contribution in [-0.4, -0.2) is 16.5 Å². The molecule has 1 N–H and O–H groups in total. The first-order valence-corrected chi connectivity index (χ1v) is 6.41. The van der Waals surface area contributed by atoms with E-state index in [-0.39, 0.29) is 0 Å². The Morgan fingerprint density at radius 1 is 1.30 bits per heavy atom. The molecule has 0 saturated carbocycles. The number of ether oxygens (including phenoxy) is 1. The molecule has 102 valence electrons. The molecule has 1 aromatic carbocycles. The van der Waals surface area contributed by atoms with Gasteiger partial charge >= 0.3 is 0 Å². The van der Waals surface area contributed by atoms with Gasteiger partial charge in [-0.2, -0.15) is 10.2 Å². The average molecular weight is 268 g/mol. The van der Waals surface area contributed by atoms with Gasteiger partial charge in [0, 0.05) is 6.54 Å². The van der Waals surface area contributed by atoms with Gasteiger partial charge in [-0.05, 0) is 39.0 Å². The molecule has 0 atom stereocenters. The fraction of sp³-hybridized carbons (Fsp3) is 0.267. The summed E-state index contributed by atoms with van der Waals surface area (Å²) in [4.78, 5) is 8.65. The van der Waals surface area contributed by atoms with Crippen molar-refractivity contribution in [1.82, 2.24) is 9.97 Å². The molecule has 0 aliphatic rings. The van der Waals surface area contributed by atoms with Crippen molar-refractivity contribution in [3.63, 3.8) is 0 Å². The molecule has 5 nitrogen and oxygen atoms in total. The van der Waals surface area contributed by atoms with Crippen molar-refractivity contribution in [2.24, 2.45) is 0 Å². The third-order valence-corrected chi connectivity index (χ3v) is 2.73. The van der Waals surface area contributed by atoms with E-state index in [1.807, 2.05) is 20.8 Å². The summed E-state index contributed by atoms with van der Waals surface area (Å²) in [6.45, 7) is 6.51. The number of hydrogen-bond acceptors (Lipinski definition) is 5. The highest BCUT2D eigenvalue weighted by molar-refractivity contribution is 5.50. The zero-order chi connectivity index (χ0) is 14.5. The van der Waals surface area contributed by atoms with Crippen LogP contribution in [0.5, 0.6) is 11.6 Å². The molecular formula is C15H16N4O. The van der Waals surface area contributed by atoms with Crippen LogP contribution in [0.1, 0.15) is 23.9 Å². The number of benzene rings is 1. The molecule has 1 aromatic heterocycles. The van der Waals surface area contributed by atoms with E-state index in [9.17, 15) is 0 Å². The van der Waals surface area contributed by atoms with E-state index in [4.69, 9.17) is 10.00 Å². The van der Waals surface area contributed by atoms with Gasteiger partial charge in [-0.1, -0.05) is 6.07 Å². The normalized spacial score (nSPS) is 9.90. The van der Waals surface area contributed by atoms with Crippen LogP contribution in [0.25, 0.3) is 0 Å². The lowest BCUT2D eigenvalue weighted by Crippen LogP contribution is -2.06. The summed E-state index contributed by atoms with van der Waals surface area (Å²) < 4.78 is 5.78. The molecule has 5 heteroatoms. The van der Waals surface area contributed by atoms with Crippen LogP contribution in [0.2, 0.25) is 0 Å². The summed E-state index contributed by atoms with van der Waals surface area (Å²) in [6, 6.07) is 9.08. The molecule has 0 unspecified atom stereocenters. The third-order valence-electron chi connectivity index (χ3n) is 2.73. The third kappa shape index (κ3) is 3.04. The molecular weight excluding hydrogens is 252 g/mol. The fourth-order valence-corrected chi connectivity index (χ4v) is 1.78. The van der Waals surface area contributed by atoms with Crippen LogP contribution in [0.4, 0.5) is 5.82 Å².